The predicted octanol–water partition coefficient (Wildman–Crippen LogP) is 2.92. The van der Waals surface area contributed by atoms with Crippen LogP contribution in [0.3, 0.4) is 0 Å². The molecule has 2 N–H and O–H groups in total. The summed E-state index contributed by atoms with van der Waals surface area (Å²) in [6.07, 6.45) is 2.82. The second kappa shape index (κ2) is 6.84. The zero-order valence-electron chi connectivity index (χ0n) is 12.8. The lowest BCUT2D eigenvalue weighted by molar-refractivity contribution is 0.131. The van der Waals surface area contributed by atoms with Crippen molar-refractivity contribution in [3.05, 3.63) is 18.2 Å². The summed E-state index contributed by atoms with van der Waals surface area (Å²) >= 11 is 0. The minimum absolute atomic E-state index is 0.150. The second-order valence-corrected chi connectivity index (χ2v) is 5.87. The van der Waals surface area contributed by atoms with Gasteiger partial charge < -0.3 is 20.1 Å². The number of benzene rings is 1. The third kappa shape index (κ3) is 4.93. The van der Waals surface area contributed by atoms with E-state index >= 15 is 0 Å². The van der Waals surface area contributed by atoms with E-state index in [0.29, 0.717) is 0 Å². The smallest absolute Gasteiger partial charge is 0.123 e. The molecule has 2 rings (SSSR count). The van der Waals surface area contributed by atoms with Gasteiger partial charge >= 0.3 is 0 Å². The van der Waals surface area contributed by atoms with E-state index in [0.717, 1.165) is 42.8 Å². The summed E-state index contributed by atoms with van der Waals surface area (Å²) in [4.78, 5) is 2.15. The summed E-state index contributed by atoms with van der Waals surface area (Å²) in [6, 6.07) is 5.85. The van der Waals surface area contributed by atoms with Gasteiger partial charge in [-0.15, -0.1) is 0 Å². The van der Waals surface area contributed by atoms with Gasteiger partial charge in [-0.2, -0.15) is 0 Å². The summed E-state index contributed by atoms with van der Waals surface area (Å²) in [5.74, 6) is 1.64. The Balaban J connectivity index is 1.86. The van der Waals surface area contributed by atoms with Crippen LogP contribution in [0.25, 0.3) is 0 Å². The van der Waals surface area contributed by atoms with Gasteiger partial charge in [-0.3, -0.25) is 0 Å². The molecule has 1 aliphatic rings. The highest BCUT2D eigenvalue weighted by atomic mass is 16.5. The Hall–Kier alpha value is -1.42. The van der Waals surface area contributed by atoms with Gasteiger partial charge in [0.15, 0.2) is 0 Å². The molecule has 0 radical (unpaired) electrons. The van der Waals surface area contributed by atoms with Gasteiger partial charge in [0.05, 0.1) is 12.7 Å². The molecule has 1 saturated carbocycles. The number of nitrogens with zero attached hydrogens (tertiary/aromatic N) is 1. The lowest BCUT2D eigenvalue weighted by atomic mass is 10.2. The summed E-state index contributed by atoms with van der Waals surface area (Å²) in [7, 11) is 2.05. The number of hydrogen-bond donors (Lipinski definition) is 1. The molecular weight excluding hydrogens is 252 g/mol. The highest BCUT2D eigenvalue weighted by molar-refractivity contribution is 5.60. The highest BCUT2D eigenvalue weighted by Gasteiger charge is 2.21. The molecule has 1 fully saturated rings. The van der Waals surface area contributed by atoms with Crippen LogP contribution in [-0.2, 0) is 4.74 Å². The first-order valence-corrected chi connectivity index (χ1v) is 7.40. The van der Waals surface area contributed by atoms with Gasteiger partial charge in [-0.1, -0.05) is 0 Å². The van der Waals surface area contributed by atoms with Crippen LogP contribution < -0.4 is 15.4 Å². The topological polar surface area (TPSA) is 47.7 Å². The first-order chi connectivity index (χ1) is 9.54. The minimum Gasteiger partial charge on any atom is -0.491 e. The van der Waals surface area contributed by atoms with Crippen LogP contribution in [0.15, 0.2) is 18.2 Å². The van der Waals surface area contributed by atoms with Crippen molar-refractivity contribution in [2.45, 2.75) is 32.8 Å². The minimum atomic E-state index is 0.150. The van der Waals surface area contributed by atoms with E-state index in [2.05, 4.69) is 11.9 Å². The van der Waals surface area contributed by atoms with E-state index < -0.39 is 0 Å². The van der Waals surface area contributed by atoms with Crippen molar-refractivity contribution in [3.8, 4) is 5.75 Å². The van der Waals surface area contributed by atoms with Crippen molar-refractivity contribution in [3.63, 3.8) is 0 Å². The fourth-order valence-corrected chi connectivity index (χ4v) is 2.03. The third-order valence-corrected chi connectivity index (χ3v) is 3.35. The van der Waals surface area contributed by atoms with E-state index in [4.69, 9.17) is 15.2 Å². The van der Waals surface area contributed by atoms with Crippen LogP contribution in [0.5, 0.6) is 5.75 Å². The molecule has 0 aromatic heterocycles. The summed E-state index contributed by atoms with van der Waals surface area (Å²) in [6.45, 7) is 6.54. The van der Waals surface area contributed by atoms with Crippen LogP contribution >= 0.6 is 0 Å². The second-order valence-electron chi connectivity index (χ2n) is 5.87. The number of nitrogens with two attached hydrogens (primary N) is 1. The predicted molar refractivity (Wildman–Crippen MR) is 83.4 cm³/mol. The molecule has 1 aromatic rings. The molecule has 4 heteroatoms. The van der Waals surface area contributed by atoms with Crippen molar-refractivity contribution >= 4 is 11.4 Å². The van der Waals surface area contributed by atoms with Gasteiger partial charge in [-0.05, 0) is 38.7 Å². The molecule has 0 amide bonds. The molecule has 1 aromatic carbocycles. The Morgan fingerprint density at radius 3 is 2.70 bits per heavy atom. The standard InChI is InChI=1S/C16H26N2O2/c1-12(2)20-16-9-14(17)8-15(10-16)18(3)6-7-19-11-13-4-5-13/h8-10,12-13H,4-7,11,17H2,1-3H3. The third-order valence-electron chi connectivity index (χ3n) is 3.35. The molecule has 0 aliphatic heterocycles. The van der Waals surface area contributed by atoms with Crippen molar-refractivity contribution in [2.75, 3.05) is 37.4 Å². The average molecular weight is 278 g/mol. The Morgan fingerprint density at radius 2 is 2.05 bits per heavy atom. The first-order valence-electron chi connectivity index (χ1n) is 7.40. The van der Waals surface area contributed by atoms with Gasteiger partial charge in [0, 0.05) is 43.7 Å². The van der Waals surface area contributed by atoms with E-state index in [9.17, 15) is 0 Å². The van der Waals surface area contributed by atoms with Crippen molar-refractivity contribution < 1.29 is 9.47 Å². The molecule has 0 bridgehead atoms. The van der Waals surface area contributed by atoms with Gasteiger partial charge in [0.25, 0.3) is 0 Å². The quantitative estimate of drug-likeness (QED) is 0.587. The number of nitrogen functional groups attached to an aromatic ring is 1. The SMILES string of the molecule is CC(C)Oc1cc(N)cc(N(C)CCOCC2CC2)c1. The number of likely N-dealkylation sites (N-methyl/N-ethyl adjacent to an activating group) is 1. The molecule has 0 saturated heterocycles. The number of anilines is 2. The number of rotatable bonds is 8. The Bertz CT molecular complexity index is 430. The van der Waals surface area contributed by atoms with Crippen LogP contribution in [0, 0.1) is 5.92 Å². The molecule has 20 heavy (non-hydrogen) atoms. The summed E-state index contributed by atoms with van der Waals surface area (Å²) in [5, 5.41) is 0. The molecule has 0 heterocycles. The first kappa shape index (κ1) is 15.0. The van der Waals surface area contributed by atoms with Crippen LogP contribution in [0.4, 0.5) is 11.4 Å². The van der Waals surface area contributed by atoms with Gasteiger partial charge in [-0.25, -0.2) is 0 Å². The zero-order valence-corrected chi connectivity index (χ0v) is 12.8. The molecule has 0 spiro atoms. The van der Waals surface area contributed by atoms with Crippen LogP contribution in [0.2, 0.25) is 0 Å². The summed E-state index contributed by atoms with van der Waals surface area (Å²) in [5.41, 5.74) is 7.73. The van der Waals surface area contributed by atoms with Crippen LogP contribution in [-0.4, -0.2) is 32.9 Å². The van der Waals surface area contributed by atoms with E-state index in [1.54, 1.807) is 0 Å². The molecule has 0 unspecified atom stereocenters. The molecule has 4 nitrogen and oxygen atoms in total. The number of ether oxygens (including phenoxy) is 2. The fourth-order valence-electron chi connectivity index (χ4n) is 2.03. The van der Waals surface area contributed by atoms with E-state index in [-0.39, 0.29) is 6.10 Å². The van der Waals surface area contributed by atoms with Crippen molar-refractivity contribution in [1.29, 1.82) is 0 Å². The van der Waals surface area contributed by atoms with Crippen LogP contribution in [0.1, 0.15) is 26.7 Å². The monoisotopic (exact) mass is 278 g/mol. The fraction of sp³-hybridized carbons (Fsp3) is 0.625. The Kier molecular flexibility index (Phi) is 5.12. The lowest BCUT2D eigenvalue weighted by Gasteiger charge is -2.21. The molecule has 1 aliphatic carbocycles. The molecule has 112 valence electrons. The van der Waals surface area contributed by atoms with Crippen molar-refractivity contribution in [2.24, 2.45) is 5.92 Å². The highest BCUT2D eigenvalue weighted by Crippen LogP contribution is 2.29. The summed E-state index contributed by atoms with van der Waals surface area (Å²) < 4.78 is 11.4. The number of hydrogen-bond acceptors (Lipinski definition) is 4. The Morgan fingerprint density at radius 1 is 1.30 bits per heavy atom. The molecule has 0 atom stereocenters. The maximum absolute atomic E-state index is 5.94. The van der Waals surface area contributed by atoms with E-state index in [1.165, 1.54) is 12.8 Å². The van der Waals surface area contributed by atoms with Crippen molar-refractivity contribution in [1.82, 2.24) is 0 Å². The lowest BCUT2D eigenvalue weighted by Crippen LogP contribution is -2.23. The average Bonchev–Trinajstić information content (AvgIpc) is 3.16. The molecular formula is C16H26N2O2. The van der Waals surface area contributed by atoms with Gasteiger partial charge in [0.2, 0.25) is 0 Å². The maximum atomic E-state index is 5.94. The maximum Gasteiger partial charge on any atom is 0.123 e. The Labute approximate surface area is 121 Å². The van der Waals surface area contributed by atoms with E-state index in [1.807, 2.05) is 32.0 Å². The zero-order chi connectivity index (χ0) is 14.5. The normalized spacial score (nSPS) is 14.6. The van der Waals surface area contributed by atoms with Gasteiger partial charge in [0.1, 0.15) is 5.75 Å². The largest absolute Gasteiger partial charge is 0.491 e.